The third kappa shape index (κ3) is 4.53. The first-order valence-corrected chi connectivity index (χ1v) is 7.39. The molecule has 0 radical (unpaired) electrons. The van der Waals surface area contributed by atoms with Gasteiger partial charge < -0.3 is 10.2 Å². The normalized spacial score (nSPS) is 11.1. The summed E-state index contributed by atoms with van der Waals surface area (Å²) in [6, 6.07) is 6.27. The Kier molecular flexibility index (Phi) is 5.31. The third-order valence-corrected chi connectivity index (χ3v) is 4.00. The van der Waals surface area contributed by atoms with Crippen molar-refractivity contribution in [2.24, 2.45) is 0 Å². The highest BCUT2D eigenvalue weighted by atomic mass is 32.2. The molecule has 0 fully saturated rings. The lowest BCUT2D eigenvalue weighted by atomic mass is 10.3. The quantitative estimate of drug-likeness (QED) is 0.797. The number of carbonyl (C=O) groups is 1. The van der Waals surface area contributed by atoms with Crippen molar-refractivity contribution in [2.45, 2.75) is 11.8 Å². The smallest absolute Gasteiger partial charge is 0.241 e. The molecule has 7 heteroatoms. The SMILES string of the molecule is CCNS(=O)(=O)c1ccc(NCC(=O)N(C)C)cc1. The number of carbonyl (C=O) groups excluding carboxylic acids is 1. The molecular weight excluding hydrogens is 266 g/mol. The van der Waals surface area contributed by atoms with Crippen LogP contribution in [0.3, 0.4) is 0 Å². The zero-order valence-corrected chi connectivity index (χ0v) is 12.1. The minimum atomic E-state index is -3.42. The summed E-state index contributed by atoms with van der Waals surface area (Å²) in [5.41, 5.74) is 0.700. The van der Waals surface area contributed by atoms with Gasteiger partial charge in [0.1, 0.15) is 0 Å². The molecule has 1 aromatic carbocycles. The molecule has 0 spiro atoms. The molecular formula is C12H19N3O3S. The Labute approximate surface area is 113 Å². The molecule has 1 rings (SSSR count). The molecule has 0 aliphatic heterocycles. The van der Waals surface area contributed by atoms with Crippen LogP contribution in [0.5, 0.6) is 0 Å². The first kappa shape index (κ1) is 15.5. The van der Waals surface area contributed by atoms with Gasteiger partial charge in [0.2, 0.25) is 15.9 Å². The Bertz CT molecular complexity index is 524. The molecule has 0 saturated carbocycles. The number of amides is 1. The Hall–Kier alpha value is -1.60. The lowest BCUT2D eigenvalue weighted by molar-refractivity contribution is -0.126. The summed E-state index contributed by atoms with van der Waals surface area (Å²) >= 11 is 0. The van der Waals surface area contributed by atoms with Crippen molar-refractivity contribution >= 4 is 21.6 Å². The summed E-state index contributed by atoms with van der Waals surface area (Å²) in [5.74, 6) is -0.0515. The van der Waals surface area contributed by atoms with Gasteiger partial charge >= 0.3 is 0 Å². The topological polar surface area (TPSA) is 78.5 Å². The number of sulfonamides is 1. The second kappa shape index (κ2) is 6.53. The zero-order chi connectivity index (χ0) is 14.5. The van der Waals surface area contributed by atoms with Crippen LogP contribution in [0.2, 0.25) is 0 Å². The molecule has 0 atom stereocenters. The van der Waals surface area contributed by atoms with Gasteiger partial charge in [-0.2, -0.15) is 0 Å². The van der Waals surface area contributed by atoms with Crippen LogP contribution in [0.1, 0.15) is 6.92 Å². The molecule has 0 bridgehead atoms. The summed E-state index contributed by atoms with van der Waals surface area (Å²) in [6.45, 7) is 2.24. The largest absolute Gasteiger partial charge is 0.376 e. The summed E-state index contributed by atoms with van der Waals surface area (Å²) < 4.78 is 25.8. The van der Waals surface area contributed by atoms with Gasteiger partial charge in [-0.1, -0.05) is 6.92 Å². The van der Waals surface area contributed by atoms with Crippen LogP contribution in [0.4, 0.5) is 5.69 Å². The summed E-state index contributed by atoms with van der Waals surface area (Å²) in [5, 5.41) is 2.93. The van der Waals surface area contributed by atoms with E-state index < -0.39 is 10.0 Å². The number of hydrogen-bond donors (Lipinski definition) is 2. The maximum Gasteiger partial charge on any atom is 0.241 e. The van der Waals surface area contributed by atoms with Gasteiger partial charge in [0.15, 0.2) is 0 Å². The number of likely N-dealkylation sites (N-methyl/N-ethyl adjacent to an activating group) is 1. The highest BCUT2D eigenvalue weighted by Crippen LogP contribution is 2.13. The molecule has 0 aliphatic rings. The lowest BCUT2D eigenvalue weighted by Gasteiger charge is -2.12. The van der Waals surface area contributed by atoms with Crippen LogP contribution in [0.25, 0.3) is 0 Å². The van der Waals surface area contributed by atoms with Crippen molar-refractivity contribution in [3.63, 3.8) is 0 Å². The van der Waals surface area contributed by atoms with E-state index in [0.717, 1.165) is 0 Å². The molecule has 1 aromatic rings. The van der Waals surface area contributed by atoms with E-state index in [1.54, 1.807) is 33.2 Å². The highest BCUT2D eigenvalue weighted by molar-refractivity contribution is 7.89. The molecule has 6 nitrogen and oxygen atoms in total. The van der Waals surface area contributed by atoms with Crippen molar-refractivity contribution in [1.82, 2.24) is 9.62 Å². The predicted molar refractivity (Wildman–Crippen MR) is 74.5 cm³/mol. The second-order valence-corrected chi connectivity index (χ2v) is 5.93. The Balaban J connectivity index is 2.70. The van der Waals surface area contributed by atoms with Gasteiger partial charge in [0, 0.05) is 26.3 Å². The van der Waals surface area contributed by atoms with E-state index >= 15 is 0 Å². The van der Waals surface area contributed by atoms with Crippen molar-refractivity contribution in [1.29, 1.82) is 0 Å². The second-order valence-electron chi connectivity index (χ2n) is 4.17. The fourth-order valence-corrected chi connectivity index (χ4v) is 2.40. The standard InChI is InChI=1S/C12H19N3O3S/c1-4-14-19(17,18)11-7-5-10(6-8-11)13-9-12(16)15(2)3/h5-8,13-14H,4,9H2,1-3H3. The minimum absolute atomic E-state index is 0.0515. The van der Waals surface area contributed by atoms with Crippen LogP contribution in [-0.2, 0) is 14.8 Å². The van der Waals surface area contributed by atoms with Crippen LogP contribution in [0, 0.1) is 0 Å². The van der Waals surface area contributed by atoms with E-state index in [1.165, 1.54) is 17.0 Å². The van der Waals surface area contributed by atoms with E-state index in [-0.39, 0.29) is 17.3 Å². The molecule has 0 aromatic heterocycles. The maximum absolute atomic E-state index is 11.7. The van der Waals surface area contributed by atoms with Crippen molar-refractivity contribution in [2.75, 3.05) is 32.5 Å². The van der Waals surface area contributed by atoms with Crippen LogP contribution < -0.4 is 10.0 Å². The Morgan fingerprint density at radius 1 is 1.21 bits per heavy atom. The van der Waals surface area contributed by atoms with Gasteiger partial charge in [-0.3, -0.25) is 4.79 Å². The van der Waals surface area contributed by atoms with E-state index in [1.807, 2.05) is 0 Å². The number of nitrogens with zero attached hydrogens (tertiary/aromatic N) is 1. The third-order valence-electron chi connectivity index (χ3n) is 2.44. The monoisotopic (exact) mass is 285 g/mol. The Morgan fingerprint density at radius 3 is 2.26 bits per heavy atom. The van der Waals surface area contributed by atoms with Crippen molar-refractivity contribution in [3.8, 4) is 0 Å². The maximum atomic E-state index is 11.7. The molecule has 0 heterocycles. The van der Waals surface area contributed by atoms with E-state index in [2.05, 4.69) is 10.0 Å². The highest BCUT2D eigenvalue weighted by Gasteiger charge is 2.12. The summed E-state index contributed by atoms with van der Waals surface area (Å²) in [6.07, 6.45) is 0. The van der Waals surface area contributed by atoms with Gasteiger partial charge in [-0.15, -0.1) is 0 Å². The van der Waals surface area contributed by atoms with Crippen LogP contribution in [-0.4, -0.2) is 46.4 Å². The van der Waals surface area contributed by atoms with E-state index in [9.17, 15) is 13.2 Å². The molecule has 1 amide bonds. The molecule has 106 valence electrons. The molecule has 0 unspecified atom stereocenters. The molecule has 19 heavy (non-hydrogen) atoms. The van der Waals surface area contributed by atoms with Crippen LogP contribution >= 0.6 is 0 Å². The number of rotatable bonds is 6. The fraction of sp³-hybridized carbons (Fsp3) is 0.417. The number of anilines is 1. The van der Waals surface area contributed by atoms with Gasteiger partial charge in [-0.25, -0.2) is 13.1 Å². The average molecular weight is 285 g/mol. The molecule has 0 saturated heterocycles. The number of nitrogens with one attached hydrogen (secondary N) is 2. The van der Waals surface area contributed by atoms with Gasteiger partial charge in [0.25, 0.3) is 0 Å². The average Bonchev–Trinajstić information content (AvgIpc) is 2.36. The van der Waals surface area contributed by atoms with Crippen molar-refractivity contribution < 1.29 is 13.2 Å². The minimum Gasteiger partial charge on any atom is -0.376 e. The summed E-state index contributed by atoms with van der Waals surface area (Å²) in [7, 11) is -0.0714. The van der Waals surface area contributed by atoms with E-state index in [0.29, 0.717) is 12.2 Å². The molecule has 0 aliphatic carbocycles. The zero-order valence-electron chi connectivity index (χ0n) is 11.3. The van der Waals surface area contributed by atoms with E-state index in [4.69, 9.17) is 0 Å². The summed E-state index contributed by atoms with van der Waals surface area (Å²) in [4.78, 5) is 13.1. The predicted octanol–water partition coefficient (Wildman–Crippen LogP) is 0.485. The first-order chi connectivity index (χ1) is 8.86. The molecule has 2 N–H and O–H groups in total. The lowest BCUT2D eigenvalue weighted by Crippen LogP contribution is -2.28. The number of benzene rings is 1. The van der Waals surface area contributed by atoms with Crippen LogP contribution in [0.15, 0.2) is 29.2 Å². The number of hydrogen-bond acceptors (Lipinski definition) is 4. The van der Waals surface area contributed by atoms with Gasteiger partial charge in [0.05, 0.1) is 11.4 Å². The first-order valence-electron chi connectivity index (χ1n) is 5.90. The van der Waals surface area contributed by atoms with Gasteiger partial charge in [-0.05, 0) is 24.3 Å². The van der Waals surface area contributed by atoms with Crippen molar-refractivity contribution in [3.05, 3.63) is 24.3 Å². The Morgan fingerprint density at radius 2 is 1.79 bits per heavy atom. The fourth-order valence-electron chi connectivity index (χ4n) is 1.36.